The Kier molecular flexibility index (Phi) is 3.80. The van der Waals surface area contributed by atoms with E-state index in [0.717, 1.165) is 37.4 Å². The average Bonchev–Trinajstić information content (AvgIpc) is 3.23. The third kappa shape index (κ3) is 2.53. The van der Waals surface area contributed by atoms with Gasteiger partial charge in [0.15, 0.2) is 5.88 Å². The summed E-state index contributed by atoms with van der Waals surface area (Å²) in [4.78, 5) is 18.0. The molecule has 0 atom stereocenters. The van der Waals surface area contributed by atoms with Crippen LogP contribution in [0.1, 0.15) is 0 Å². The van der Waals surface area contributed by atoms with Crippen molar-refractivity contribution in [1.29, 1.82) is 0 Å². The molecule has 0 radical (unpaired) electrons. The topological polar surface area (TPSA) is 81.2 Å². The van der Waals surface area contributed by atoms with Crippen LogP contribution in [0, 0.1) is 4.91 Å². The highest BCUT2D eigenvalue weighted by atomic mass is 79.9. The number of halogens is 1. The summed E-state index contributed by atoms with van der Waals surface area (Å²) in [5, 5.41) is 15.3. The average molecular weight is 432 g/mol. The van der Waals surface area contributed by atoms with E-state index in [1.165, 1.54) is 0 Å². The lowest BCUT2D eigenvalue weighted by Gasteiger charge is -2.01. The Morgan fingerprint density at radius 3 is 2.43 bits per heavy atom. The highest BCUT2D eigenvalue weighted by molar-refractivity contribution is 9.10. The molecular weight excluding hydrogens is 418 g/mol. The smallest absolute Gasteiger partial charge is 0.199 e. The third-order valence-corrected chi connectivity index (χ3v) is 5.45. The van der Waals surface area contributed by atoms with Crippen molar-refractivity contribution in [3.8, 4) is 28.3 Å². The fourth-order valence-corrected chi connectivity index (χ4v) is 4.03. The van der Waals surface area contributed by atoms with E-state index in [9.17, 15) is 10.0 Å². The number of fused-ring (bicyclic) bond motifs is 2. The monoisotopic (exact) mass is 431 g/mol. The summed E-state index contributed by atoms with van der Waals surface area (Å²) in [6, 6.07) is 21.5. The molecule has 0 aliphatic carbocycles. The SMILES string of the molecule is O=Nc1c(-c2c(O)[nH]c3cc(Br)ccc23)[nH]c2ccc(-c3ccccc3)cc12. The van der Waals surface area contributed by atoms with Crippen molar-refractivity contribution < 1.29 is 5.11 Å². The molecule has 0 saturated carbocycles. The zero-order valence-corrected chi connectivity index (χ0v) is 16.1. The molecule has 5 aromatic rings. The molecule has 6 heteroatoms. The number of nitrogens with zero attached hydrogens (tertiary/aromatic N) is 1. The van der Waals surface area contributed by atoms with Crippen LogP contribution in [0.3, 0.4) is 0 Å². The Morgan fingerprint density at radius 1 is 0.821 bits per heavy atom. The van der Waals surface area contributed by atoms with Crippen LogP contribution >= 0.6 is 15.9 Å². The predicted molar refractivity (Wildman–Crippen MR) is 116 cm³/mol. The van der Waals surface area contributed by atoms with Crippen LogP contribution in [-0.4, -0.2) is 15.1 Å². The fourth-order valence-electron chi connectivity index (χ4n) is 3.67. The molecule has 3 aromatic carbocycles. The number of nitroso groups, excluding NO2 is 1. The van der Waals surface area contributed by atoms with Crippen LogP contribution < -0.4 is 0 Å². The van der Waals surface area contributed by atoms with E-state index >= 15 is 0 Å². The van der Waals surface area contributed by atoms with Crippen LogP contribution in [0.25, 0.3) is 44.2 Å². The molecule has 0 fully saturated rings. The maximum Gasteiger partial charge on any atom is 0.199 e. The zero-order valence-electron chi connectivity index (χ0n) is 14.5. The second kappa shape index (κ2) is 6.35. The number of hydrogen-bond acceptors (Lipinski definition) is 3. The number of benzene rings is 3. The molecule has 5 rings (SSSR count). The Morgan fingerprint density at radius 2 is 1.64 bits per heavy atom. The van der Waals surface area contributed by atoms with Gasteiger partial charge in [-0.05, 0) is 40.6 Å². The van der Waals surface area contributed by atoms with Crippen molar-refractivity contribution in [2.45, 2.75) is 0 Å². The highest BCUT2D eigenvalue weighted by Crippen LogP contribution is 2.45. The van der Waals surface area contributed by atoms with E-state index in [0.29, 0.717) is 11.3 Å². The van der Waals surface area contributed by atoms with E-state index in [1.54, 1.807) is 0 Å². The van der Waals surface area contributed by atoms with Gasteiger partial charge in [0.1, 0.15) is 5.69 Å². The van der Waals surface area contributed by atoms with Crippen molar-refractivity contribution in [2.75, 3.05) is 0 Å². The number of rotatable bonds is 3. The lowest BCUT2D eigenvalue weighted by atomic mass is 10.0. The van der Waals surface area contributed by atoms with E-state index < -0.39 is 0 Å². The van der Waals surface area contributed by atoms with Crippen LogP contribution in [-0.2, 0) is 0 Å². The van der Waals surface area contributed by atoms with E-state index in [2.05, 4.69) is 31.1 Å². The van der Waals surface area contributed by atoms with Crippen molar-refractivity contribution in [2.24, 2.45) is 5.18 Å². The quantitative estimate of drug-likeness (QED) is 0.273. The van der Waals surface area contributed by atoms with Gasteiger partial charge >= 0.3 is 0 Å². The molecule has 0 aliphatic rings. The van der Waals surface area contributed by atoms with Gasteiger partial charge in [-0.25, -0.2) is 0 Å². The first kappa shape index (κ1) is 16.8. The first-order valence-corrected chi connectivity index (χ1v) is 9.50. The molecule has 0 bridgehead atoms. The van der Waals surface area contributed by atoms with Gasteiger partial charge in [0.25, 0.3) is 0 Å². The summed E-state index contributed by atoms with van der Waals surface area (Å²) in [6.07, 6.45) is 0. The summed E-state index contributed by atoms with van der Waals surface area (Å²) in [6.45, 7) is 0. The first-order chi connectivity index (χ1) is 13.7. The van der Waals surface area contributed by atoms with Gasteiger partial charge in [-0.2, -0.15) is 0 Å². The van der Waals surface area contributed by atoms with Gasteiger partial charge in [-0.3, -0.25) is 0 Å². The lowest BCUT2D eigenvalue weighted by molar-refractivity contribution is 0.460. The number of hydrogen-bond donors (Lipinski definition) is 3. The standard InChI is InChI=1S/C22H14BrN3O2/c23-14-7-8-15-18(11-14)25-22(27)19(15)21-20(26-28)16-10-13(6-9-17(16)24-21)12-4-2-1-3-5-12/h1-11,24-25,27H. The second-order valence-corrected chi connectivity index (χ2v) is 7.52. The molecule has 0 spiro atoms. The minimum absolute atomic E-state index is 0.00663. The molecule has 0 unspecified atom stereocenters. The van der Waals surface area contributed by atoms with E-state index in [-0.39, 0.29) is 11.6 Å². The van der Waals surface area contributed by atoms with Crippen molar-refractivity contribution in [3.63, 3.8) is 0 Å². The summed E-state index contributed by atoms with van der Waals surface area (Å²) < 4.78 is 0.894. The largest absolute Gasteiger partial charge is 0.494 e. The van der Waals surface area contributed by atoms with Crippen LogP contribution in [0.4, 0.5) is 5.69 Å². The molecular formula is C22H14BrN3O2. The molecule has 0 aliphatic heterocycles. The van der Waals surface area contributed by atoms with Gasteiger partial charge in [0.05, 0.1) is 16.8 Å². The Hall–Kier alpha value is -3.38. The summed E-state index contributed by atoms with van der Waals surface area (Å²) in [5.74, 6) is -0.00663. The number of aromatic nitrogens is 2. The van der Waals surface area contributed by atoms with Crippen molar-refractivity contribution in [1.82, 2.24) is 9.97 Å². The Labute approximate surface area is 168 Å². The maximum absolute atomic E-state index is 11.8. The first-order valence-electron chi connectivity index (χ1n) is 8.71. The summed E-state index contributed by atoms with van der Waals surface area (Å²) >= 11 is 3.43. The van der Waals surface area contributed by atoms with Gasteiger partial charge in [-0.15, -0.1) is 4.91 Å². The minimum atomic E-state index is -0.00663. The van der Waals surface area contributed by atoms with E-state index in [1.807, 2.05) is 66.7 Å². The molecule has 2 heterocycles. The number of H-pyrrole nitrogens is 2. The van der Waals surface area contributed by atoms with E-state index in [4.69, 9.17) is 0 Å². The minimum Gasteiger partial charge on any atom is -0.494 e. The fraction of sp³-hybridized carbons (Fsp3) is 0. The van der Waals surface area contributed by atoms with Crippen molar-refractivity contribution >= 4 is 43.4 Å². The molecule has 0 saturated heterocycles. The van der Waals surface area contributed by atoms with Crippen LogP contribution in [0.15, 0.2) is 76.4 Å². The van der Waals surface area contributed by atoms with Gasteiger partial charge < -0.3 is 15.1 Å². The second-order valence-electron chi connectivity index (χ2n) is 6.60. The number of aromatic amines is 2. The number of nitrogens with one attached hydrogen (secondary N) is 2. The molecule has 28 heavy (non-hydrogen) atoms. The predicted octanol–water partition coefficient (Wildman–Crippen LogP) is 6.85. The van der Waals surface area contributed by atoms with Gasteiger partial charge in [-0.1, -0.05) is 58.4 Å². The molecule has 2 aromatic heterocycles. The normalized spacial score (nSPS) is 11.3. The maximum atomic E-state index is 11.8. The van der Waals surface area contributed by atoms with Crippen molar-refractivity contribution in [3.05, 3.63) is 76.1 Å². The molecule has 136 valence electrons. The molecule has 3 N–H and O–H groups in total. The van der Waals surface area contributed by atoms with Crippen LogP contribution in [0.2, 0.25) is 0 Å². The molecule has 0 amide bonds. The highest BCUT2D eigenvalue weighted by Gasteiger charge is 2.21. The Bertz CT molecular complexity index is 1350. The van der Waals surface area contributed by atoms with Crippen LogP contribution in [0.5, 0.6) is 5.88 Å². The lowest BCUT2D eigenvalue weighted by Crippen LogP contribution is -1.77. The van der Waals surface area contributed by atoms with Gasteiger partial charge in [0, 0.05) is 20.8 Å². The summed E-state index contributed by atoms with van der Waals surface area (Å²) in [7, 11) is 0. The third-order valence-electron chi connectivity index (χ3n) is 4.96. The Balaban J connectivity index is 1.77. The zero-order chi connectivity index (χ0) is 19.3. The summed E-state index contributed by atoms with van der Waals surface area (Å²) in [5.41, 5.74) is 4.93. The number of aromatic hydroxyl groups is 1. The van der Waals surface area contributed by atoms with Gasteiger partial charge in [0.2, 0.25) is 0 Å². The molecule has 5 nitrogen and oxygen atoms in total.